The van der Waals surface area contributed by atoms with Crippen molar-refractivity contribution in [2.24, 2.45) is 0 Å². The van der Waals surface area contributed by atoms with Crippen molar-refractivity contribution in [1.29, 1.82) is 0 Å². The lowest BCUT2D eigenvalue weighted by Gasteiger charge is -2.19. The fourth-order valence-corrected chi connectivity index (χ4v) is 2.13. The van der Waals surface area contributed by atoms with Gasteiger partial charge in [-0.2, -0.15) is 0 Å². The number of carbonyl (C=O) groups excluding carboxylic acids is 1. The Hall–Kier alpha value is -1.83. The molecule has 26 heavy (non-hydrogen) atoms. The summed E-state index contributed by atoms with van der Waals surface area (Å²) in [6.07, 6.45) is 29.2. The predicted molar refractivity (Wildman–Crippen MR) is 114 cm³/mol. The van der Waals surface area contributed by atoms with Crippen LogP contribution in [0.1, 0.15) is 79.1 Å². The molecule has 0 fully saturated rings. The van der Waals surface area contributed by atoms with Gasteiger partial charge >= 0.3 is 5.97 Å². The van der Waals surface area contributed by atoms with Crippen LogP contribution in [-0.4, -0.2) is 11.6 Å². The molecule has 0 aromatic heterocycles. The van der Waals surface area contributed by atoms with E-state index in [-0.39, 0.29) is 11.6 Å². The second kappa shape index (κ2) is 16.6. The van der Waals surface area contributed by atoms with E-state index >= 15 is 0 Å². The summed E-state index contributed by atoms with van der Waals surface area (Å²) in [6.45, 7) is 7.85. The van der Waals surface area contributed by atoms with Crippen molar-refractivity contribution >= 4 is 5.97 Å². The molecule has 0 aliphatic heterocycles. The van der Waals surface area contributed by atoms with Gasteiger partial charge in [0.2, 0.25) is 0 Å². The average Bonchev–Trinajstić information content (AvgIpc) is 2.56. The molecule has 0 aromatic rings. The lowest BCUT2D eigenvalue weighted by Crippen LogP contribution is -2.23. The number of hydrogen-bond donors (Lipinski definition) is 0. The molecule has 2 nitrogen and oxygen atoms in total. The molecule has 0 aromatic carbocycles. The minimum atomic E-state index is -0.381. The summed E-state index contributed by atoms with van der Waals surface area (Å²) < 4.78 is 5.28. The van der Waals surface area contributed by atoms with Crippen LogP contribution in [0.3, 0.4) is 0 Å². The summed E-state index contributed by atoms with van der Waals surface area (Å²) in [5, 5.41) is 0. The zero-order valence-corrected chi connectivity index (χ0v) is 17.2. The van der Waals surface area contributed by atoms with Crippen LogP contribution in [0.15, 0.2) is 60.8 Å². The maximum atomic E-state index is 11.5. The van der Waals surface area contributed by atoms with Crippen LogP contribution in [0.25, 0.3) is 0 Å². The number of rotatable bonds is 13. The number of esters is 1. The molecule has 0 heterocycles. The van der Waals surface area contributed by atoms with Gasteiger partial charge in [0.15, 0.2) is 0 Å². The molecule has 0 spiro atoms. The van der Waals surface area contributed by atoms with Gasteiger partial charge in [0.25, 0.3) is 0 Å². The van der Waals surface area contributed by atoms with E-state index in [1.165, 1.54) is 0 Å². The number of carbonyl (C=O) groups is 1. The summed E-state index contributed by atoms with van der Waals surface area (Å²) >= 11 is 0. The first-order chi connectivity index (χ1) is 12.5. The number of hydrogen-bond acceptors (Lipinski definition) is 2. The smallest absolute Gasteiger partial charge is 0.306 e. The molecule has 0 radical (unpaired) electrons. The number of allylic oxidation sites excluding steroid dienone is 10. The van der Waals surface area contributed by atoms with Crippen molar-refractivity contribution in [1.82, 2.24) is 0 Å². The summed E-state index contributed by atoms with van der Waals surface area (Å²) in [6, 6.07) is 0. The minimum absolute atomic E-state index is 0.107. The lowest BCUT2D eigenvalue weighted by molar-refractivity contribution is -0.154. The van der Waals surface area contributed by atoms with Crippen LogP contribution in [-0.2, 0) is 9.53 Å². The van der Waals surface area contributed by atoms with Crippen molar-refractivity contribution in [3.05, 3.63) is 60.8 Å². The molecule has 0 N–H and O–H groups in total. The highest BCUT2D eigenvalue weighted by Crippen LogP contribution is 2.10. The van der Waals surface area contributed by atoms with Gasteiger partial charge < -0.3 is 4.74 Å². The Morgan fingerprint density at radius 3 is 1.58 bits per heavy atom. The van der Waals surface area contributed by atoms with Gasteiger partial charge in [0, 0.05) is 6.42 Å². The van der Waals surface area contributed by atoms with E-state index in [0.29, 0.717) is 6.42 Å². The van der Waals surface area contributed by atoms with E-state index in [1.54, 1.807) is 0 Å². The van der Waals surface area contributed by atoms with Gasteiger partial charge in [-0.1, -0.05) is 67.7 Å². The maximum absolute atomic E-state index is 11.5. The highest BCUT2D eigenvalue weighted by Gasteiger charge is 2.15. The Morgan fingerprint density at radius 2 is 1.15 bits per heavy atom. The zero-order chi connectivity index (χ0) is 19.5. The lowest BCUT2D eigenvalue weighted by atomic mass is 10.2. The minimum Gasteiger partial charge on any atom is -0.460 e. The Kier molecular flexibility index (Phi) is 15.5. The van der Waals surface area contributed by atoms with E-state index in [4.69, 9.17) is 4.74 Å². The van der Waals surface area contributed by atoms with Crippen LogP contribution in [0, 0.1) is 0 Å². The molecule has 2 heteroatoms. The van der Waals surface area contributed by atoms with Gasteiger partial charge in [-0.3, -0.25) is 4.79 Å². The van der Waals surface area contributed by atoms with Crippen LogP contribution in [0.4, 0.5) is 0 Å². The molecule has 0 bridgehead atoms. The van der Waals surface area contributed by atoms with Crippen molar-refractivity contribution in [3.8, 4) is 0 Å². The van der Waals surface area contributed by atoms with Gasteiger partial charge in [-0.15, -0.1) is 0 Å². The monoisotopic (exact) mass is 358 g/mol. The first-order valence-corrected chi connectivity index (χ1v) is 9.92. The third kappa shape index (κ3) is 20.2. The first-order valence-electron chi connectivity index (χ1n) is 9.92. The van der Waals surface area contributed by atoms with Gasteiger partial charge in [-0.25, -0.2) is 0 Å². The highest BCUT2D eigenvalue weighted by molar-refractivity contribution is 5.69. The highest BCUT2D eigenvalue weighted by atomic mass is 16.6. The molecule has 0 unspecified atom stereocenters. The third-order valence-corrected chi connectivity index (χ3v) is 3.33. The van der Waals surface area contributed by atoms with E-state index in [0.717, 1.165) is 44.9 Å². The Morgan fingerprint density at radius 1 is 0.731 bits per heavy atom. The fourth-order valence-electron chi connectivity index (χ4n) is 2.13. The summed E-state index contributed by atoms with van der Waals surface area (Å²) in [5.74, 6) is -0.107. The van der Waals surface area contributed by atoms with Crippen LogP contribution in [0.2, 0.25) is 0 Å². The van der Waals surface area contributed by atoms with E-state index < -0.39 is 0 Å². The largest absolute Gasteiger partial charge is 0.460 e. The predicted octanol–water partition coefficient (Wildman–Crippen LogP) is 7.25. The SMILES string of the molecule is CC/C=C\C/C=C\C/C=C\C/C=C\C/C=C\CCCC(=O)OC(C)(C)C. The normalized spacial score (nSPS) is 13.2. The fraction of sp³-hybridized carbons (Fsp3) is 0.542. The van der Waals surface area contributed by atoms with Crippen molar-refractivity contribution in [2.45, 2.75) is 84.7 Å². The summed E-state index contributed by atoms with van der Waals surface area (Å²) in [5.41, 5.74) is -0.381. The van der Waals surface area contributed by atoms with Gasteiger partial charge in [0.05, 0.1) is 0 Å². The molecular weight excluding hydrogens is 320 g/mol. The molecule has 0 aliphatic carbocycles. The topological polar surface area (TPSA) is 26.3 Å². The van der Waals surface area contributed by atoms with E-state index in [9.17, 15) is 4.79 Å². The number of unbranched alkanes of at least 4 members (excludes halogenated alkanes) is 1. The van der Waals surface area contributed by atoms with Crippen LogP contribution >= 0.6 is 0 Å². The zero-order valence-electron chi connectivity index (χ0n) is 17.2. The second-order valence-electron chi connectivity index (χ2n) is 7.19. The van der Waals surface area contributed by atoms with Gasteiger partial charge in [0.1, 0.15) is 5.60 Å². The quantitative estimate of drug-likeness (QED) is 0.197. The molecule has 146 valence electrons. The Labute approximate surface area is 161 Å². The van der Waals surface area contributed by atoms with Crippen molar-refractivity contribution in [2.75, 3.05) is 0 Å². The molecular formula is C24H38O2. The first kappa shape index (κ1) is 24.2. The van der Waals surface area contributed by atoms with Crippen LogP contribution < -0.4 is 0 Å². The molecule has 0 rings (SSSR count). The van der Waals surface area contributed by atoms with Crippen molar-refractivity contribution < 1.29 is 9.53 Å². The third-order valence-electron chi connectivity index (χ3n) is 3.33. The Bertz CT molecular complexity index is 485. The maximum Gasteiger partial charge on any atom is 0.306 e. The molecule has 0 saturated carbocycles. The molecule has 0 amide bonds. The van der Waals surface area contributed by atoms with E-state index in [1.807, 2.05) is 20.8 Å². The molecule has 0 atom stereocenters. The number of ether oxygens (including phenoxy) is 1. The molecule has 0 saturated heterocycles. The molecule has 0 aliphatic rings. The van der Waals surface area contributed by atoms with Gasteiger partial charge in [-0.05, 0) is 65.7 Å². The standard InChI is InChI=1S/C24H38O2/c1-5-6-7-8-9-10-11-12-13-14-15-16-17-18-19-20-21-22-23(25)26-24(2,3)4/h6-7,9-10,12-13,15-16,18-19H,5,8,11,14,17,20-22H2,1-4H3/b7-6-,10-9-,13-12-,16-15-,19-18-. The Balaban J connectivity index is 3.57. The summed E-state index contributed by atoms with van der Waals surface area (Å²) in [7, 11) is 0. The van der Waals surface area contributed by atoms with E-state index in [2.05, 4.69) is 67.7 Å². The second-order valence-corrected chi connectivity index (χ2v) is 7.19. The average molecular weight is 359 g/mol. The van der Waals surface area contributed by atoms with Crippen LogP contribution in [0.5, 0.6) is 0 Å². The van der Waals surface area contributed by atoms with Crippen molar-refractivity contribution in [3.63, 3.8) is 0 Å². The summed E-state index contributed by atoms with van der Waals surface area (Å²) in [4.78, 5) is 11.5.